The summed E-state index contributed by atoms with van der Waals surface area (Å²) >= 11 is 7.51. The number of amides is 2. The lowest BCUT2D eigenvalue weighted by Crippen LogP contribution is -2.52. The van der Waals surface area contributed by atoms with Crippen molar-refractivity contribution in [2.45, 2.75) is 12.0 Å². The normalized spacial score (nSPS) is 22.1. The third-order valence-corrected chi connectivity index (χ3v) is 6.45. The summed E-state index contributed by atoms with van der Waals surface area (Å²) in [6.07, 6.45) is 0. The van der Waals surface area contributed by atoms with Gasteiger partial charge in [0.25, 0.3) is 5.91 Å². The van der Waals surface area contributed by atoms with E-state index in [2.05, 4.69) is 21.6 Å². The fraction of sp³-hybridized carbons (Fsp3) is 0.368. The molecule has 8 heteroatoms. The van der Waals surface area contributed by atoms with E-state index in [1.807, 2.05) is 24.3 Å². The van der Waals surface area contributed by atoms with Gasteiger partial charge in [-0.1, -0.05) is 23.7 Å². The monoisotopic (exact) mass is 405 g/mol. The highest BCUT2D eigenvalue weighted by molar-refractivity contribution is 7.18. The Morgan fingerprint density at radius 3 is 2.67 bits per heavy atom. The SMILES string of the molecule is CNC(=O)[C@@H]1NC(=O)c2sc(N3CCOCC3)cc2[C@H]1c1ccc(Cl)cc1. The first-order valence-corrected chi connectivity index (χ1v) is 10.0. The summed E-state index contributed by atoms with van der Waals surface area (Å²) in [5, 5.41) is 7.22. The van der Waals surface area contributed by atoms with Gasteiger partial charge in [-0.25, -0.2) is 0 Å². The first-order chi connectivity index (χ1) is 13.1. The highest BCUT2D eigenvalue weighted by Crippen LogP contribution is 2.42. The maximum absolute atomic E-state index is 12.7. The minimum absolute atomic E-state index is 0.201. The predicted octanol–water partition coefficient (Wildman–Crippen LogP) is 2.23. The molecule has 2 aromatic rings. The highest BCUT2D eigenvalue weighted by Gasteiger charge is 2.40. The molecule has 6 nitrogen and oxygen atoms in total. The molecule has 0 unspecified atom stereocenters. The van der Waals surface area contributed by atoms with Crippen molar-refractivity contribution in [1.29, 1.82) is 0 Å². The number of ether oxygens (including phenoxy) is 1. The minimum atomic E-state index is -0.664. The standard InChI is InChI=1S/C19H20ClN3O3S/c1-21-18(24)16-15(11-2-4-12(20)5-3-11)13-10-14(23-6-8-26-9-7-23)27-17(13)19(25)22-16/h2-5,10,15-16H,6-9H2,1H3,(H,21,24)(H,22,25)/t15-,16-/m1/s1. The highest BCUT2D eigenvalue weighted by atomic mass is 35.5. The molecule has 1 aromatic carbocycles. The van der Waals surface area contributed by atoms with Gasteiger partial charge in [0.1, 0.15) is 6.04 Å². The summed E-state index contributed by atoms with van der Waals surface area (Å²) in [4.78, 5) is 28.1. The lowest BCUT2D eigenvalue weighted by molar-refractivity contribution is -0.122. The van der Waals surface area contributed by atoms with Crippen molar-refractivity contribution >= 4 is 39.8 Å². The molecule has 2 amide bonds. The average molecular weight is 406 g/mol. The number of thiophene rings is 1. The molecular weight excluding hydrogens is 386 g/mol. The van der Waals surface area contributed by atoms with Crippen LogP contribution in [0.3, 0.4) is 0 Å². The van der Waals surface area contributed by atoms with Crippen LogP contribution in [-0.4, -0.2) is 51.2 Å². The predicted molar refractivity (Wildman–Crippen MR) is 106 cm³/mol. The fourth-order valence-electron chi connectivity index (χ4n) is 3.62. The number of fused-ring (bicyclic) bond motifs is 1. The zero-order chi connectivity index (χ0) is 19.0. The smallest absolute Gasteiger partial charge is 0.262 e. The maximum Gasteiger partial charge on any atom is 0.262 e. The van der Waals surface area contributed by atoms with E-state index in [9.17, 15) is 9.59 Å². The van der Waals surface area contributed by atoms with Crippen LogP contribution in [0.15, 0.2) is 30.3 Å². The minimum Gasteiger partial charge on any atom is -0.378 e. The van der Waals surface area contributed by atoms with Crippen LogP contribution in [0, 0.1) is 0 Å². The zero-order valence-corrected chi connectivity index (χ0v) is 16.4. The molecule has 2 N–H and O–H groups in total. The summed E-state index contributed by atoms with van der Waals surface area (Å²) in [5.41, 5.74) is 1.83. The molecule has 0 bridgehead atoms. The molecule has 142 valence electrons. The summed E-state index contributed by atoms with van der Waals surface area (Å²) in [5.74, 6) is -0.678. The number of carbonyl (C=O) groups is 2. The number of morpholine rings is 1. The van der Waals surface area contributed by atoms with E-state index in [1.165, 1.54) is 11.3 Å². The third-order valence-electron chi connectivity index (χ3n) is 4.99. The first-order valence-electron chi connectivity index (χ1n) is 8.83. The molecule has 3 heterocycles. The molecule has 2 aliphatic heterocycles. The number of halogens is 1. The van der Waals surface area contributed by atoms with Crippen molar-refractivity contribution in [3.63, 3.8) is 0 Å². The number of hydrogen-bond acceptors (Lipinski definition) is 5. The average Bonchev–Trinajstić information content (AvgIpc) is 3.15. The molecule has 2 atom stereocenters. The number of rotatable bonds is 3. The van der Waals surface area contributed by atoms with Crippen LogP contribution in [0.1, 0.15) is 26.7 Å². The van der Waals surface area contributed by atoms with Crippen LogP contribution in [0.4, 0.5) is 5.00 Å². The van der Waals surface area contributed by atoms with E-state index >= 15 is 0 Å². The van der Waals surface area contributed by atoms with Crippen molar-refractivity contribution in [1.82, 2.24) is 10.6 Å². The van der Waals surface area contributed by atoms with Crippen molar-refractivity contribution in [2.75, 3.05) is 38.3 Å². The van der Waals surface area contributed by atoms with E-state index in [-0.39, 0.29) is 17.7 Å². The van der Waals surface area contributed by atoms with Gasteiger partial charge in [0.15, 0.2) is 0 Å². The Balaban J connectivity index is 1.79. The molecule has 0 aliphatic carbocycles. The summed E-state index contributed by atoms with van der Waals surface area (Å²) in [6.45, 7) is 2.95. The van der Waals surface area contributed by atoms with E-state index < -0.39 is 6.04 Å². The summed E-state index contributed by atoms with van der Waals surface area (Å²) < 4.78 is 5.43. The Hall–Kier alpha value is -2.09. The molecule has 0 spiro atoms. The molecule has 2 aliphatic rings. The molecule has 1 saturated heterocycles. The van der Waals surface area contributed by atoms with Gasteiger partial charge in [0, 0.05) is 31.1 Å². The zero-order valence-electron chi connectivity index (χ0n) is 14.8. The van der Waals surface area contributed by atoms with Crippen LogP contribution >= 0.6 is 22.9 Å². The number of nitrogens with zero attached hydrogens (tertiary/aromatic N) is 1. The van der Waals surface area contributed by atoms with Crippen LogP contribution in [0.2, 0.25) is 5.02 Å². The number of anilines is 1. The van der Waals surface area contributed by atoms with Crippen molar-refractivity contribution < 1.29 is 14.3 Å². The number of benzene rings is 1. The maximum atomic E-state index is 12.7. The Bertz CT molecular complexity index is 862. The van der Waals surface area contributed by atoms with Gasteiger partial charge in [0.05, 0.1) is 23.1 Å². The molecule has 4 rings (SSSR count). The van der Waals surface area contributed by atoms with Gasteiger partial charge in [0.2, 0.25) is 5.91 Å². The molecule has 27 heavy (non-hydrogen) atoms. The van der Waals surface area contributed by atoms with Gasteiger partial charge in [-0.3, -0.25) is 9.59 Å². The molecule has 0 saturated carbocycles. The van der Waals surface area contributed by atoms with E-state index in [1.54, 1.807) is 7.05 Å². The van der Waals surface area contributed by atoms with Gasteiger partial charge in [-0.2, -0.15) is 0 Å². The summed E-state index contributed by atoms with van der Waals surface area (Å²) in [7, 11) is 1.58. The Labute approximate surface area is 166 Å². The molecule has 1 fully saturated rings. The second-order valence-electron chi connectivity index (χ2n) is 6.56. The second kappa shape index (κ2) is 7.50. The first kappa shape index (κ1) is 18.3. The largest absolute Gasteiger partial charge is 0.378 e. The number of likely N-dealkylation sites (N-methyl/N-ethyl adjacent to an activating group) is 1. The molecule has 0 radical (unpaired) electrons. The molecule has 1 aromatic heterocycles. The van der Waals surface area contributed by atoms with Gasteiger partial charge >= 0.3 is 0 Å². The van der Waals surface area contributed by atoms with E-state index in [4.69, 9.17) is 16.3 Å². The van der Waals surface area contributed by atoms with Crippen LogP contribution in [-0.2, 0) is 9.53 Å². The van der Waals surface area contributed by atoms with Crippen molar-refractivity contribution in [3.05, 3.63) is 51.4 Å². The van der Waals surface area contributed by atoms with Crippen LogP contribution in [0.25, 0.3) is 0 Å². The molecular formula is C19H20ClN3O3S. The topological polar surface area (TPSA) is 70.7 Å². The Morgan fingerprint density at radius 2 is 2.00 bits per heavy atom. The third kappa shape index (κ3) is 3.42. The van der Waals surface area contributed by atoms with Crippen LogP contribution in [0.5, 0.6) is 0 Å². The van der Waals surface area contributed by atoms with Crippen molar-refractivity contribution in [3.8, 4) is 0 Å². The lowest BCUT2D eigenvalue weighted by Gasteiger charge is -2.31. The van der Waals surface area contributed by atoms with Crippen molar-refractivity contribution in [2.24, 2.45) is 0 Å². The number of hydrogen-bond donors (Lipinski definition) is 2. The van der Waals surface area contributed by atoms with E-state index in [0.717, 1.165) is 29.2 Å². The fourth-order valence-corrected chi connectivity index (χ4v) is 4.91. The Kier molecular flexibility index (Phi) is 5.08. The Morgan fingerprint density at radius 1 is 1.30 bits per heavy atom. The second-order valence-corrected chi connectivity index (χ2v) is 8.03. The lowest BCUT2D eigenvalue weighted by atomic mass is 9.82. The number of nitrogens with one attached hydrogen (secondary N) is 2. The van der Waals surface area contributed by atoms with Gasteiger partial charge in [-0.05, 0) is 29.3 Å². The van der Waals surface area contributed by atoms with Gasteiger partial charge < -0.3 is 20.3 Å². The number of carbonyl (C=O) groups excluding carboxylic acids is 2. The summed E-state index contributed by atoms with van der Waals surface area (Å²) in [6, 6.07) is 8.83. The van der Waals surface area contributed by atoms with Crippen LogP contribution < -0.4 is 15.5 Å². The van der Waals surface area contributed by atoms with Gasteiger partial charge in [-0.15, -0.1) is 11.3 Å². The van der Waals surface area contributed by atoms with E-state index in [0.29, 0.717) is 23.1 Å². The quantitative estimate of drug-likeness (QED) is 0.821.